The van der Waals surface area contributed by atoms with Gasteiger partial charge in [0.15, 0.2) is 0 Å². The van der Waals surface area contributed by atoms with Crippen LogP contribution in [0.2, 0.25) is 0 Å². The van der Waals surface area contributed by atoms with Gasteiger partial charge in [0.1, 0.15) is 4.88 Å². The summed E-state index contributed by atoms with van der Waals surface area (Å²) >= 11 is 0.908. The van der Waals surface area contributed by atoms with Crippen LogP contribution >= 0.6 is 11.3 Å². The van der Waals surface area contributed by atoms with Crippen LogP contribution in [0.3, 0.4) is 0 Å². The highest BCUT2D eigenvalue weighted by Gasteiger charge is 2.22. The molecule has 0 unspecified atom stereocenters. The van der Waals surface area contributed by atoms with E-state index in [9.17, 15) is 13.2 Å². The van der Waals surface area contributed by atoms with Crippen LogP contribution in [0.5, 0.6) is 0 Å². The summed E-state index contributed by atoms with van der Waals surface area (Å²) in [5.74, 6) is -1.11. The molecule has 0 saturated carbocycles. The smallest absolute Gasteiger partial charge is 0.345 e. The monoisotopic (exact) mass is 273 g/mol. The molecule has 0 radical (unpaired) electrons. The number of nitrogens with one attached hydrogen (secondary N) is 1. The number of rotatable bonds is 4. The molecule has 0 amide bonds. The molecule has 1 aliphatic carbocycles. The topological polar surface area (TPSA) is 83.5 Å². The fourth-order valence-corrected chi connectivity index (χ4v) is 3.95. The highest BCUT2D eigenvalue weighted by atomic mass is 32.2. The summed E-state index contributed by atoms with van der Waals surface area (Å²) < 4.78 is 26.3. The van der Waals surface area contributed by atoms with Crippen molar-refractivity contribution in [1.29, 1.82) is 0 Å². The largest absolute Gasteiger partial charge is 0.477 e. The Hall–Kier alpha value is -1.18. The first-order chi connectivity index (χ1) is 7.99. The Morgan fingerprint density at radius 3 is 2.59 bits per heavy atom. The standard InChI is InChI=1S/C10H11NO4S2/c12-10(13)9-5-8(6-16-9)17(14,15)11-7-3-1-2-4-7/h1-2,5-7,11H,3-4H2,(H,12,13). The second kappa shape index (κ2) is 4.59. The first-order valence-corrected chi connectivity index (χ1v) is 7.34. The minimum atomic E-state index is -3.60. The van der Waals surface area contributed by atoms with Gasteiger partial charge in [-0.05, 0) is 18.9 Å². The van der Waals surface area contributed by atoms with E-state index in [1.54, 1.807) is 0 Å². The molecule has 2 rings (SSSR count). The average molecular weight is 273 g/mol. The van der Waals surface area contributed by atoms with Crippen molar-refractivity contribution in [3.8, 4) is 0 Å². The minimum Gasteiger partial charge on any atom is -0.477 e. The van der Waals surface area contributed by atoms with E-state index in [1.165, 1.54) is 11.4 Å². The molecule has 7 heteroatoms. The molecule has 5 nitrogen and oxygen atoms in total. The molecule has 92 valence electrons. The van der Waals surface area contributed by atoms with Gasteiger partial charge in [-0.15, -0.1) is 11.3 Å². The Bertz CT molecular complexity index is 551. The SMILES string of the molecule is O=C(O)c1cc(S(=O)(=O)NC2CC=CC2)cs1. The van der Waals surface area contributed by atoms with E-state index in [0.717, 1.165) is 11.3 Å². The quantitative estimate of drug-likeness (QED) is 0.813. The molecule has 1 heterocycles. The Kier molecular flexibility index (Phi) is 3.32. The van der Waals surface area contributed by atoms with E-state index in [1.807, 2.05) is 12.2 Å². The highest BCUT2D eigenvalue weighted by Crippen LogP contribution is 2.21. The first kappa shape index (κ1) is 12.3. The van der Waals surface area contributed by atoms with Crippen molar-refractivity contribution >= 4 is 27.3 Å². The summed E-state index contributed by atoms with van der Waals surface area (Å²) in [6.07, 6.45) is 5.19. The molecular weight excluding hydrogens is 262 g/mol. The van der Waals surface area contributed by atoms with Gasteiger partial charge in [0.25, 0.3) is 0 Å². The van der Waals surface area contributed by atoms with Crippen molar-refractivity contribution in [3.63, 3.8) is 0 Å². The summed E-state index contributed by atoms with van der Waals surface area (Å²) in [4.78, 5) is 10.7. The Labute approximate surface area is 103 Å². The van der Waals surface area contributed by atoms with Crippen LogP contribution in [0, 0.1) is 0 Å². The zero-order valence-electron chi connectivity index (χ0n) is 8.79. The third kappa shape index (κ3) is 2.74. The van der Waals surface area contributed by atoms with E-state index in [2.05, 4.69) is 4.72 Å². The Morgan fingerprint density at radius 1 is 1.41 bits per heavy atom. The molecule has 0 aromatic carbocycles. The van der Waals surface area contributed by atoms with Crippen LogP contribution in [-0.2, 0) is 10.0 Å². The molecule has 0 fully saturated rings. The predicted octanol–water partition coefficient (Wildman–Crippen LogP) is 1.44. The number of carbonyl (C=O) groups is 1. The van der Waals surface area contributed by atoms with Gasteiger partial charge in [0, 0.05) is 11.4 Å². The number of sulfonamides is 1. The summed E-state index contributed by atoms with van der Waals surface area (Å²) in [6, 6.07) is 1.06. The van der Waals surface area contributed by atoms with Crippen molar-refractivity contribution in [1.82, 2.24) is 4.72 Å². The Balaban J connectivity index is 2.16. The number of aromatic carboxylic acids is 1. The van der Waals surface area contributed by atoms with E-state index < -0.39 is 16.0 Å². The summed E-state index contributed by atoms with van der Waals surface area (Å²) in [5, 5.41) is 10.1. The molecule has 0 bridgehead atoms. The number of carboxylic acids is 1. The lowest BCUT2D eigenvalue weighted by molar-refractivity contribution is 0.0702. The van der Waals surface area contributed by atoms with Crippen LogP contribution in [0.1, 0.15) is 22.5 Å². The number of hydrogen-bond acceptors (Lipinski definition) is 4. The average Bonchev–Trinajstić information content (AvgIpc) is 2.84. The molecule has 1 aliphatic rings. The van der Waals surface area contributed by atoms with Crippen LogP contribution in [-0.4, -0.2) is 25.5 Å². The fourth-order valence-electron chi connectivity index (χ4n) is 1.57. The van der Waals surface area contributed by atoms with Crippen LogP contribution in [0.15, 0.2) is 28.5 Å². The highest BCUT2D eigenvalue weighted by molar-refractivity contribution is 7.89. The summed E-state index contributed by atoms with van der Waals surface area (Å²) in [5.41, 5.74) is 0. The van der Waals surface area contributed by atoms with E-state index in [4.69, 9.17) is 5.11 Å². The molecule has 0 saturated heterocycles. The minimum absolute atomic E-state index is 0.0202. The van der Waals surface area contributed by atoms with Crippen molar-refractivity contribution in [3.05, 3.63) is 28.5 Å². The molecular formula is C10H11NO4S2. The predicted molar refractivity (Wildman–Crippen MR) is 63.8 cm³/mol. The maximum absolute atomic E-state index is 11.9. The fraction of sp³-hybridized carbons (Fsp3) is 0.300. The van der Waals surface area contributed by atoms with Gasteiger partial charge in [0.05, 0.1) is 4.90 Å². The lowest BCUT2D eigenvalue weighted by atomic mass is 10.3. The van der Waals surface area contributed by atoms with Crippen molar-refractivity contribution in [2.45, 2.75) is 23.8 Å². The van der Waals surface area contributed by atoms with Crippen LogP contribution in [0.25, 0.3) is 0 Å². The third-order valence-corrected chi connectivity index (χ3v) is 4.99. The van der Waals surface area contributed by atoms with Crippen LogP contribution < -0.4 is 4.72 Å². The van der Waals surface area contributed by atoms with Gasteiger partial charge in [-0.1, -0.05) is 12.2 Å². The maximum atomic E-state index is 11.9. The number of carboxylic acid groups (broad SMARTS) is 1. The zero-order valence-corrected chi connectivity index (χ0v) is 10.4. The molecule has 2 N–H and O–H groups in total. The lowest BCUT2D eigenvalue weighted by Gasteiger charge is -2.11. The van der Waals surface area contributed by atoms with E-state index in [-0.39, 0.29) is 15.8 Å². The van der Waals surface area contributed by atoms with Crippen LogP contribution in [0.4, 0.5) is 0 Å². The molecule has 0 atom stereocenters. The third-order valence-electron chi connectivity index (χ3n) is 2.43. The second-order valence-electron chi connectivity index (χ2n) is 3.71. The van der Waals surface area contributed by atoms with Crippen molar-refractivity contribution in [2.75, 3.05) is 0 Å². The number of hydrogen-bond donors (Lipinski definition) is 2. The zero-order chi connectivity index (χ0) is 12.5. The molecule has 0 spiro atoms. The lowest BCUT2D eigenvalue weighted by Crippen LogP contribution is -2.32. The first-order valence-electron chi connectivity index (χ1n) is 4.98. The summed E-state index contributed by atoms with van der Waals surface area (Å²) in [7, 11) is -3.60. The second-order valence-corrected chi connectivity index (χ2v) is 6.34. The summed E-state index contributed by atoms with van der Waals surface area (Å²) in [6.45, 7) is 0. The molecule has 1 aromatic heterocycles. The molecule has 0 aliphatic heterocycles. The van der Waals surface area contributed by atoms with Gasteiger partial charge >= 0.3 is 5.97 Å². The Morgan fingerprint density at radius 2 is 2.06 bits per heavy atom. The molecule has 1 aromatic rings. The van der Waals surface area contributed by atoms with Gasteiger partial charge in [-0.2, -0.15) is 0 Å². The van der Waals surface area contributed by atoms with Crippen molar-refractivity contribution in [2.24, 2.45) is 0 Å². The van der Waals surface area contributed by atoms with Gasteiger partial charge in [-0.3, -0.25) is 0 Å². The normalized spacial score (nSPS) is 16.5. The van der Waals surface area contributed by atoms with E-state index >= 15 is 0 Å². The van der Waals surface area contributed by atoms with Gasteiger partial charge in [-0.25, -0.2) is 17.9 Å². The van der Waals surface area contributed by atoms with E-state index in [0.29, 0.717) is 12.8 Å². The van der Waals surface area contributed by atoms with Gasteiger partial charge in [0.2, 0.25) is 10.0 Å². The molecule has 17 heavy (non-hydrogen) atoms. The maximum Gasteiger partial charge on any atom is 0.345 e. The van der Waals surface area contributed by atoms with Gasteiger partial charge < -0.3 is 5.11 Å². The number of thiophene rings is 1. The van der Waals surface area contributed by atoms with Crippen molar-refractivity contribution < 1.29 is 18.3 Å².